The van der Waals surface area contributed by atoms with E-state index in [1.54, 1.807) is 0 Å². The first kappa shape index (κ1) is 122. The number of hydrogen-bond acceptors (Lipinski definition) is 19. The number of Topliss-reactive ketones (excluding diaryl/α,β-unsaturated/α-hetero) is 1. The van der Waals surface area contributed by atoms with Crippen molar-refractivity contribution in [2.45, 2.75) is 474 Å². The van der Waals surface area contributed by atoms with Crippen LogP contribution in [0.5, 0.6) is 0 Å². The number of aliphatic hydroxyl groups excluding tert-OH is 1. The summed E-state index contributed by atoms with van der Waals surface area (Å²) in [5.74, 6) is 1.28. The number of aliphatic hydroxyl groups is 1. The average molecular weight is 1960 g/mol. The van der Waals surface area contributed by atoms with Gasteiger partial charge < -0.3 is 20.8 Å². The number of rotatable bonds is 32. The van der Waals surface area contributed by atoms with E-state index in [9.17, 15) is 19.9 Å². The molecule has 5 saturated heterocycles. The van der Waals surface area contributed by atoms with Gasteiger partial charge in [-0.05, 0) is 266 Å². The van der Waals surface area contributed by atoms with Crippen LogP contribution in [0.4, 0.5) is 0 Å². The smallest absolute Gasteiger partial charge is 0.302 e. The van der Waals surface area contributed by atoms with Crippen LogP contribution in [0.15, 0.2) is 217 Å². The van der Waals surface area contributed by atoms with Gasteiger partial charge in [0.1, 0.15) is 48.5 Å². The molecule has 792 valence electrons. The molecule has 5 aliphatic rings. The largest absolute Gasteiger partial charge is 0.462 e. The first-order valence-corrected chi connectivity index (χ1v) is 54.2. The lowest BCUT2D eigenvalue weighted by atomic mass is 9.68. The monoisotopic (exact) mass is 1960 g/mol. The standard InChI is InChI=1S/C22H35NO3.C22H31NO.C20H32N2O2.C20H34N2O.C20H31NO2.C19H31NO2/c1-8-21(6)15-20(25-18(5)24)16(3)22(7,9-2)23(21)26-17(4)19-13-11-10-12-14-19;1-17(2)21(20-15-11-8-12-16-20)23(22(4,5)6)24-18(3)19-13-9-7-10-14-19;1-7-19(5)14-18(21-23)15(3)20(6,8-2)22(19)24-16(4)17-12-10-9-11-13-17;1-7-19(5)14-18(21)15(3)20(6,8-2)22(19)23-16(4)17-12-10-9-11-13-17;1-7-19(5)14-18(22)15(3)20(6,8-2)21(19)23-16(4)17-12-10-9-11-13-17;1-6-19(7-2)14-17(21)13-18(4,5)20(19)22-15(3)16-11-9-8-10-12-16/h10-14,16-17,20H,8-9,15H2,1-7H3;7-18,21H,1-6H3;9-13,15-16,23H,7-8,14H2,1-6H3;9-13,15-16,18H,7-8,14,21H2,1-6H3;9-13,15-16H,7-8,14H2,1-6H3;8-12,15,17,21H,6-7,13-14H2,1-5H3/b;;21-18-;;;. The van der Waals surface area contributed by atoms with Crippen molar-refractivity contribution >= 4 is 17.5 Å². The maximum absolute atomic E-state index is 12.6. The van der Waals surface area contributed by atoms with Crippen molar-refractivity contribution in [3.63, 3.8) is 0 Å². The van der Waals surface area contributed by atoms with Crippen LogP contribution in [-0.4, -0.2) is 137 Å². The lowest BCUT2D eigenvalue weighted by molar-refractivity contribution is -0.336. The SMILES string of the molecule is CC(ON(C(c1ccccc1)C(C)C)C(C)(C)C)c1ccccc1.CCC1(C)C/C(=N/O)C(C)C(C)(CC)N1OC(C)c1ccccc1.CCC1(C)CC(=O)C(C)C(C)(CC)N1OC(C)c1ccccc1.CCC1(C)CC(N)C(C)C(C)(CC)N1OC(C)c1ccccc1.CCC1(C)CC(OC(C)=O)C(C)C(C)(CC)N1OC(C)c1ccccc1.CCC1(CC)CC(O)CC(C)(C)N1OC(C)c1ccccc1. The zero-order valence-electron chi connectivity index (χ0n) is 95.0. The predicted octanol–water partition coefficient (Wildman–Crippen LogP) is 30.7. The molecule has 7 aromatic rings. The van der Waals surface area contributed by atoms with E-state index in [0.717, 1.165) is 108 Å². The Morgan fingerprint density at radius 1 is 0.394 bits per heavy atom. The van der Waals surface area contributed by atoms with E-state index in [1.165, 1.54) is 40.3 Å². The van der Waals surface area contributed by atoms with E-state index in [0.29, 0.717) is 24.0 Å². The maximum atomic E-state index is 12.6. The molecule has 19 heteroatoms. The number of benzene rings is 7. The summed E-state index contributed by atoms with van der Waals surface area (Å²) in [5, 5.41) is 36.7. The third-order valence-electron chi connectivity index (χ3n) is 34.2. The minimum atomic E-state index is -0.275. The summed E-state index contributed by atoms with van der Waals surface area (Å²) in [6, 6.07) is 73.2. The lowest BCUT2D eigenvalue weighted by Crippen LogP contribution is -2.69. The average Bonchev–Trinajstić information content (AvgIpc) is 0.742. The van der Waals surface area contributed by atoms with Crippen molar-refractivity contribution in [2.24, 2.45) is 40.5 Å². The molecule has 4 N–H and O–H groups in total. The van der Waals surface area contributed by atoms with Crippen molar-refractivity contribution in [1.82, 2.24) is 30.4 Å². The summed E-state index contributed by atoms with van der Waals surface area (Å²) < 4.78 is 5.71. The molecule has 0 spiro atoms. The quantitative estimate of drug-likeness (QED) is 0.0204. The van der Waals surface area contributed by atoms with E-state index < -0.39 is 0 Å². The third kappa shape index (κ3) is 29.2. The van der Waals surface area contributed by atoms with E-state index in [4.69, 9.17) is 39.5 Å². The number of piperidine rings is 5. The summed E-state index contributed by atoms with van der Waals surface area (Å²) in [7, 11) is 0. The van der Waals surface area contributed by atoms with Crippen LogP contribution >= 0.6 is 0 Å². The zero-order valence-corrected chi connectivity index (χ0v) is 95.0. The summed E-state index contributed by atoms with van der Waals surface area (Å²) in [4.78, 5) is 63.4. The van der Waals surface area contributed by atoms with Crippen molar-refractivity contribution in [1.29, 1.82) is 0 Å². The number of ether oxygens (including phenoxy) is 1. The Kier molecular flexibility index (Phi) is 45.3. The molecule has 0 amide bonds. The molecule has 142 heavy (non-hydrogen) atoms. The molecule has 0 bridgehead atoms. The highest BCUT2D eigenvalue weighted by molar-refractivity contribution is 5.89. The number of hydroxylamine groups is 12. The number of carbonyl (C=O) groups excluding carboxylic acids is 2. The van der Waals surface area contributed by atoms with Crippen LogP contribution in [0, 0.1) is 29.6 Å². The van der Waals surface area contributed by atoms with Gasteiger partial charge in [-0.25, -0.2) is 0 Å². The van der Waals surface area contributed by atoms with Crippen LogP contribution in [0.25, 0.3) is 0 Å². The molecule has 5 heterocycles. The summed E-state index contributed by atoms with van der Waals surface area (Å²) in [6.45, 7) is 78.0. The Hall–Kier alpha value is -7.41. The molecule has 12 rings (SSSR count). The molecular formula is C123H194N8O11. The van der Waals surface area contributed by atoms with Crippen molar-refractivity contribution < 1.29 is 53.7 Å². The molecule has 0 saturated carbocycles. The number of hydrogen-bond donors (Lipinski definition) is 3. The fraction of sp³-hybridized carbons (Fsp3) is 0.634. The number of nitrogens with two attached hydrogens (primary N) is 1. The number of nitrogens with zero attached hydrogens (tertiary/aromatic N) is 7. The summed E-state index contributed by atoms with van der Waals surface area (Å²) in [5.41, 5.74) is 14.0. The first-order chi connectivity index (χ1) is 66.7. The van der Waals surface area contributed by atoms with Gasteiger partial charge in [-0.1, -0.05) is 328 Å². The second-order valence-corrected chi connectivity index (χ2v) is 45.7. The fourth-order valence-electron chi connectivity index (χ4n) is 22.6. The maximum Gasteiger partial charge on any atom is 0.302 e. The van der Waals surface area contributed by atoms with E-state index in [1.807, 2.05) is 91.9 Å². The Morgan fingerprint density at radius 2 is 0.690 bits per heavy atom. The van der Waals surface area contributed by atoms with Gasteiger partial charge in [0, 0.05) is 94.3 Å². The molecule has 0 aromatic heterocycles. The van der Waals surface area contributed by atoms with Gasteiger partial charge in [0.25, 0.3) is 0 Å². The number of carbonyl (C=O) groups is 2. The van der Waals surface area contributed by atoms with Gasteiger partial charge in [0.2, 0.25) is 0 Å². The molecule has 0 radical (unpaired) electrons. The highest BCUT2D eigenvalue weighted by Gasteiger charge is 2.59. The predicted molar refractivity (Wildman–Crippen MR) is 586 cm³/mol. The highest BCUT2D eigenvalue weighted by Crippen LogP contribution is 2.53. The molecule has 22 unspecified atom stereocenters. The molecule has 5 fully saturated rings. The second-order valence-electron chi connectivity index (χ2n) is 45.7. The van der Waals surface area contributed by atoms with Gasteiger partial charge in [-0.2, -0.15) is 30.4 Å². The van der Waals surface area contributed by atoms with Crippen molar-refractivity contribution in [3.05, 3.63) is 251 Å². The molecule has 7 aromatic carbocycles. The second kappa shape index (κ2) is 53.0. The normalized spacial score (nSPS) is 29.9. The Morgan fingerprint density at radius 3 is 0.993 bits per heavy atom. The van der Waals surface area contributed by atoms with Gasteiger partial charge >= 0.3 is 5.97 Å². The molecule has 22 atom stereocenters. The van der Waals surface area contributed by atoms with Crippen LogP contribution < -0.4 is 5.73 Å². The van der Waals surface area contributed by atoms with Gasteiger partial charge in [-0.15, -0.1) is 0 Å². The topological polar surface area (TPSA) is 197 Å². The molecule has 19 nitrogen and oxygen atoms in total. The number of esters is 1. The summed E-state index contributed by atoms with van der Waals surface area (Å²) in [6.07, 6.45) is 13.7. The number of ketones is 1. The lowest BCUT2D eigenvalue weighted by Gasteiger charge is -2.59. The molecule has 0 aliphatic carbocycles. The minimum absolute atomic E-state index is 0.00759. The number of oxime groups is 1. The van der Waals surface area contributed by atoms with Crippen molar-refractivity contribution in [3.8, 4) is 0 Å². The van der Waals surface area contributed by atoms with Gasteiger partial charge in [0.15, 0.2) is 0 Å². The van der Waals surface area contributed by atoms with E-state index in [-0.39, 0.29) is 146 Å². The Bertz CT molecular complexity index is 4860. The first-order valence-electron chi connectivity index (χ1n) is 54.2. The molecule has 5 aliphatic heterocycles. The van der Waals surface area contributed by atoms with Crippen LogP contribution in [0.2, 0.25) is 0 Å². The third-order valence-corrected chi connectivity index (χ3v) is 34.2. The Labute approximate surface area is 862 Å². The zero-order chi connectivity index (χ0) is 106. The van der Waals surface area contributed by atoms with Crippen LogP contribution in [0.3, 0.4) is 0 Å². The highest BCUT2D eigenvalue weighted by atomic mass is 16.7. The van der Waals surface area contributed by atoms with Crippen LogP contribution in [0.1, 0.15) is 434 Å². The fourth-order valence-corrected chi connectivity index (χ4v) is 22.6. The minimum Gasteiger partial charge on any atom is -0.462 e. The van der Waals surface area contributed by atoms with Crippen LogP contribution in [-0.2, 0) is 43.4 Å². The van der Waals surface area contributed by atoms with E-state index >= 15 is 0 Å². The van der Waals surface area contributed by atoms with Gasteiger partial charge in [-0.3, -0.25) is 38.6 Å². The Balaban J connectivity index is 0.000000232. The van der Waals surface area contributed by atoms with Crippen molar-refractivity contribution in [2.75, 3.05) is 0 Å². The molecular weight excluding hydrogens is 1770 g/mol. The van der Waals surface area contributed by atoms with E-state index in [2.05, 4.69) is 398 Å². The summed E-state index contributed by atoms with van der Waals surface area (Å²) >= 11 is 0. The van der Waals surface area contributed by atoms with Gasteiger partial charge in [0.05, 0.1) is 34.5 Å².